The quantitative estimate of drug-likeness (QED) is 0.643. The third-order valence-corrected chi connectivity index (χ3v) is 7.53. The van der Waals surface area contributed by atoms with Crippen molar-refractivity contribution in [3.8, 4) is 6.07 Å². The first kappa shape index (κ1) is 24.1. The van der Waals surface area contributed by atoms with Crippen molar-refractivity contribution in [1.29, 1.82) is 5.26 Å². The van der Waals surface area contributed by atoms with Crippen LogP contribution in [0.1, 0.15) is 48.8 Å². The van der Waals surface area contributed by atoms with Crippen molar-refractivity contribution >= 4 is 17.6 Å². The van der Waals surface area contributed by atoms with Crippen LogP contribution in [-0.4, -0.2) is 57.8 Å². The molecule has 1 aromatic heterocycles. The number of nitriles is 1. The van der Waals surface area contributed by atoms with Gasteiger partial charge in [-0.3, -0.25) is 9.59 Å². The van der Waals surface area contributed by atoms with Gasteiger partial charge >= 0.3 is 6.18 Å². The first-order valence-electron chi connectivity index (χ1n) is 12.1. The number of carbonyl (C=O) groups is 2. The Kier molecular flexibility index (Phi) is 6.10. The third kappa shape index (κ3) is 4.27. The lowest BCUT2D eigenvalue weighted by Crippen LogP contribution is -2.81. The smallest absolute Gasteiger partial charge is 0.351 e. The van der Waals surface area contributed by atoms with E-state index in [1.165, 1.54) is 23.2 Å². The van der Waals surface area contributed by atoms with Gasteiger partial charge < -0.3 is 14.7 Å². The van der Waals surface area contributed by atoms with Crippen LogP contribution in [0.25, 0.3) is 0 Å². The van der Waals surface area contributed by atoms with Gasteiger partial charge in [-0.05, 0) is 42.7 Å². The second-order valence-corrected chi connectivity index (χ2v) is 9.80. The lowest BCUT2D eigenvalue weighted by molar-refractivity contribution is -0.171. The van der Waals surface area contributed by atoms with Crippen molar-refractivity contribution in [3.63, 3.8) is 0 Å². The van der Waals surface area contributed by atoms with Gasteiger partial charge in [0.05, 0.1) is 24.2 Å². The summed E-state index contributed by atoms with van der Waals surface area (Å²) < 4.78 is 39.0. The molecule has 188 valence electrons. The maximum atomic E-state index is 13.9. The van der Waals surface area contributed by atoms with E-state index >= 15 is 0 Å². The van der Waals surface area contributed by atoms with E-state index in [0.29, 0.717) is 16.9 Å². The van der Waals surface area contributed by atoms with Crippen LogP contribution in [0.4, 0.5) is 19.0 Å². The Hall–Kier alpha value is -3.61. The average Bonchev–Trinajstić information content (AvgIpc) is 2.85. The van der Waals surface area contributed by atoms with Crippen molar-refractivity contribution in [1.82, 2.24) is 14.8 Å². The molecule has 2 aliphatic heterocycles. The number of anilines is 1. The van der Waals surface area contributed by atoms with Crippen molar-refractivity contribution in [2.75, 3.05) is 24.5 Å². The van der Waals surface area contributed by atoms with Crippen LogP contribution in [0.15, 0.2) is 42.6 Å². The second kappa shape index (κ2) is 9.12. The lowest BCUT2D eigenvalue weighted by Gasteiger charge is -2.59. The summed E-state index contributed by atoms with van der Waals surface area (Å²) in [6.45, 7) is 0.511. The largest absolute Gasteiger partial charge is 0.416 e. The van der Waals surface area contributed by atoms with Crippen LogP contribution in [0.5, 0.6) is 0 Å². The standard InChI is InChI=1S/C26H26F3N5O2/c27-26(28,29)20-9-6-18(7-10-20)14-34-23(35)15-33(21-4-2-1-3-5-21)24(36)25(34)16-32(17-25)22-11-8-19(12-30)13-31-22/h6-11,13,21H,1-5,14-17H2. The van der Waals surface area contributed by atoms with Crippen molar-refractivity contribution in [2.24, 2.45) is 0 Å². The minimum Gasteiger partial charge on any atom is -0.351 e. The number of alkyl halides is 3. The van der Waals surface area contributed by atoms with Crippen LogP contribution < -0.4 is 4.90 Å². The topological polar surface area (TPSA) is 80.5 Å². The SMILES string of the molecule is N#Cc1ccc(N2CC3(C2)C(=O)N(C2CCCCC2)CC(=O)N3Cc2ccc(C(F)(F)F)cc2)nc1. The predicted molar refractivity (Wildman–Crippen MR) is 124 cm³/mol. The molecule has 3 heterocycles. The highest BCUT2D eigenvalue weighted by Crippen LogP contribution is 2.39. The fourth-order valence-electron chi connectivity index (χ4n) is 5.53. The molecule has 1 spiro atoms. The molecule has 2 saturated heterocycles. The fourth-order valence-corrected chi connectivity index (χ4v) is 5.53. The van der Waals surface area contributed by atoms with E-state index in [9.17, 15) is 22.8 Å². The van der Waals surface area contributed by atoms with Gasteiger partial charge in [0.25, 0.3) is 5.91 Å². The lowest BCUT2D eigenvalue weighted by atomic mass is 9.81. The van der Waals surface area contributed by atoms with Crippen LogP contribution in [0, 0.1) is 11.3 Å². The molecular weight excluding hydrogens is 471 g/mol. The maximum absolute atomic E-state index is 13.9. The van der Waals surface area contributed by atoms with E-state index in [1.807, 2.05) is 11.0 Å². The van der Waals surface area contributed by atoms with E-state index in [0.717, 1.165) is 44.2 Å². The molecule has 2 aromatic rings. The van der Waals surface area contributed by atoms with Gasteiger partial charge in [0.1, 0.15) is 18.4 Å². The Morgan fingerprint density at radius 3 is 2.31 bits per heavy atom. The zero-order valence-electron chi connectivity index (χ0n) is 19.7. The highest BCUT2D eigenvalue weighted by atomic mass is 19.4. The molecule has 2 amide bonds. The van der Waals surface area contributed by atoms with Crippen molar-refractivity contribution < 1.29 is 22.8 Å². The Morgan fingerprint density at radius 2 is 1.72 bits per heavy atom. The number of amides is 2. The summed E-state index contributed by atoms with van der Waals surface area (Å²) in [7, 11) is 0. The van der Waals surface area contributed by atoms with Crippen LogP contribution in [-0.2, 0) is 22.3 Å². The van der Waals surface area contributed by atoms with E-state index in [1.54, 1.807) is 17.0 Å². The van der Waals surface area contributed by atoms with E-state index in [4.69, 9.17) is 5.26 Å². The van der Waals surface area contributed by atoms with Gasteiger partial charge in [-0.2, -0.15) is 18.4 Å². The van der Waals surface area contributed by atoms with Crippen LogP contribution in [0.3, 0.4) is 0 Å². The number of carbonyl (C=O) groups excluding carboxylic acids is 2. The zero-order valence-corrected chi connectivity index (χ0v) is 19.7. The molecule has 36 heavy (non-hydrogen) atoms. The Balaban J connectivity index is 1.42. The van der Waals surface area contributed by atoms with E-state index in [2.05, 4.69) is 4.98 Å². The average molecular weight is 498 g/mol. The summed E-state index contributed by atoms with van der Waals surface area (Å²) in [5.74, 6) is 0.294. The number of piperazine rings is 1. The minimum atomic E-state index is -4.44. The molecule has 1 aromatic carbocycles. The number of nitrogens with zero attached hydrogens (tertiary/aromatic N) is 5. The minimum absolute atomic E-state index is 0.0129. The number of hydrogen-bond donors (Lipinski definition) is 0. The van der Waals surface area contributed by atoms with Gasteiger partial charge in [-0.1, -0.05) is 31.4 Å². The van der Waals surface area contributed by atoms with Crippen LogP contribution >= 0.6 is 0 Å². The summed E-state index contributed by atoms with van der Waals surface area (Å²) in [5, 5.41) is 9.03. The number of rotatable bonds is 4. The van der Waals surface area contributed by atoms with Gasteiger partial charge in [0.2, 0.25) is 5.91 Å². The normalized spacial score (nSPS) is 20.4. The molecule has 0 atom stereocenters. The summed E-state index contributed by atoms with van der Waals surface area (Å²) in [4.78, 5) is 36.8. The molecule has 0 bridgehead atoms. The molecule has 1 saturated carbocycles. The Morgan fingerprint density at radius 1 is 1.03 bits per heavy atom. The Labute approximate surface area is 207 Å². The molecule has 3 fully saturated rings. The molecule has 7 nitrogen and oxygen atoms in total. The van der Waals surface area contributed by atoms with Gasteiger partial charge in [0, 0.05) is 18.8 Å². The van der Waals surface area contributed by atoms with Crippen LogP contribution in [0.2, 0.25) is 0 Å². The fraction of sp³-hybridized carbons (Fsp3) is 0.462. The number of benzene rings is 1. The highest BCUT2D eigenvalue weighted by molar-refractivity contribution is 6.00. The summed E-state index contributed by atoms with van der Waals surface area (Å²) in [6, 6.07) is 10.1. The number of hydrogen-bond acceptors (Lipinski definition) is 5. The molecule has 0 N–H and O–H groups in total. The number of halogens is 3. The molecule has 10 heteroatoms. The zero-order chi connectivity index (χ0) is 25.5. The second-order valence-electron chi connectivity index (χ2n) is 9.80. The van der Waals surface area contributed by atoms with Gasteiger partial charge in [0.15, 0.2) is 5.54 Å². The van der Waals surface area contributed by atoms with Gasteiger partial charge in [-0.25, -0.2) is 4.98 Å². The number of pyridine rings is 1. The first-order valence-corrected chi connectivity index (χ1v) is 12.1. The molecule has 0 unspecified atom stereocenters. The summed E-state index contributed by atoms with van der Waals surface area (Å²) in [5.41, 5.74) is -0.910. The van der Waals surface area contributed by atoms with Gasteiger partial charge in [-0.15, -0.1) is 0 Å². The predicted octanol–water partition coefficient (Wildman–Crippen LogP) is 3.73. The molecule has 5 rings (SSSR count). The monoisotopic (exact) mass is 497 g/mol. The molecular formula is C26H26F3N5O2. The maximum Gasteiger partial charge on any atom is 0.416 e. The van der Waals surface area contributed by atoms with E-state index in [-0.39, 0.29) is 44.0 Å². The Bertz CT molecular complexity index is 1180. The summed E-state index contributed by atoms with van der Waals surface area (Å²) in [6.07, 6.45) is 1.92. The van der Waals surface area contributed by atoms with Crippen molar-refractivity contribution in [3.05, 3.63) is 59.3 Å². The third-order valence-electron chi connectivity index (χ3n) is 7.53. The highest BCUT2D eigenvalue weighted by Gasteiger charge is 2.60. The summed E-state index contributed by atoms with van der Waals surface area (Å²) >= 11 is 0. The molecule has 1 aliphatic carbocycles. The molecule has 3 aliphatic rings. The number of aromatic nitrogens is 1. The molecule has 0 radical (unpaired) electrons. The van der Waals surface area contributed by atoms with Crippen molar-refractivity contribution in [2.45, 2.75) is 56.4 Å². The first-order chi connectivity index (χ1) is 17.2. The van der Waals surface area contributed by atoms with E-state index < -0.39 is 17.3 Å².